The molecule has 2 aromatic rings. The van der Waals surface area contributed by atoms with Gasteiger partial charge < -0.3 is 4.84 Å². The molecule has 0 aliphatic rings. The SMILES string of the molecule is Cc1cc(-c2ccccc2F)cc([N+](=O)[O-])c1ON. The zero-order chi connectivity index (χ0) is 14.0. The predicted molar refractivity (Wildman–Crippen MR) is 68.0 cm³/mol. The van der Waals surface area contributed by atoms with E-state index in [-0.39, 0.29) is 17.0 Å². The number of hydrogen-bond donors (Lipinski definition) is 1. The minimum Gasteiger partial charge on any atom is -0.404 e. The molecule has 0 saturated heterocycles. The summed E-state index contributed by atoms with van der Waals surface area (Å²) in [5.41, 5.74) is 0.871. The fourth-order valence-electron chi connectivity index (χ4n) is 1.90. The molecule has 2 rings (SSSR count). The van der Waals surface area contributed by atoms with Crippen LogP contribution in [0.3, 0.4) is 0 Å². The summed E-state index contributed by atoms with van der Waals surface area (Å²) in [5, 5.41) is 11.0. The first kappa shape index (κ1) is 13.0. The molecule has 0 aliphatic heterocycles. The molecule has 2 aromatic carbocycles. The Balaban J connectivity index is 2.67. The van der Waals surface area contributed by atoms with Gasteiger partial charge in [-0.2, -0.15) is 5.90 Å². The summed E-state index contributed by atoms with van der Waals surface area (Å²) in [6.45, 7) is 1.61. The number of aryl methyl sites for hydroxylation is 1. The van der Waals surface area contributed by atoms with E-state index in [9.17, 15) is 14.5 Å². The summed E-state index contributed by atoms with van der Waals surface area (Å²) in [4.78, 5) is 14.9. The van der Waals surface area contributed by atoms with Crippen molar-refractivity contribution in [3.8, 4) is 16.9 Å². The fraction of sp³-hybridized carbons (Fsp3) is 0.0769. The van der Waals surface area contributed by atoms with E-state index in [2.05, 4.69) is 4.84 Å². The Labute approximate surface area is 108 Å². The van der Waals surface area contributed by atoms with Crippen molar-refractivity contribution in [1.29, 1.82) is 0 Å². The van der Waals surface area contributed by atoms with Gasteiger partial charge in [-0.05, 0) is 24.6 Å². The van der Waals surface area contributed by atoms with E-state index in [1.807, 2.05) is 0 Å². The van der Waals surface area contributed by atoms with Crippen LogP contribution in [-0.2, 0) is 0 Å². The lowest BCUT2D eigenvalue weighted by Gasteiger charge is -2.08. The van der Waals surface area contributed by atoms with Crippen molar-refractivity contribution in [2.45, 2.75) is 6.92 Å². The highest BCUT2D eigenvalue weighted by Gasteiger charge is 2.20. The van der Waals surface area contributed by atoms with E-state index in [4.69, 9.17) is 5.90 Å². The summed E-state index contributed by atoms with van der Waals surface area (Å²) in [6.07, 6.45) is 0. The van der Waals surface area contributed by atoms with Crippen LogP contribution in [0, 0.1) is 22.9 Å². The Morgan fingerprint density at radius 1 is 1.32 bits per heavy atom. The smallest absolute Gasteiger partial charge is 0.314 e. The van der Waals surface area contributed by atoms with E-state index >= 15 is 0 Å². The lowest BCUT2D eigenvalue weighted by molar-refractivity contribution is -0.385. The molecular weight excluding hydrogens is 251 g/mol. The van der Waals surface area contributed by atoms with Crippen LogP contribution in [0.5, 0.6) is 5.75 Å². The fourth-order valence-corrected chi connectivity index (χ4v) is 1.90. The molecule has 0 aliphatic carbocycles. The van der Waals surface area contributed by atoms with Gasteiger partial charge >= 0.3 is 5.69 Å². The first-order valence-corrected chi connectivity index (χ1v) is 5.45. The molecule has 0 radical (unpaired) electrons. The first-order valence-electron chi connectivity index (χ1n) is 5.45. The van der Waals surface area contributed by atoms with E-state index in [1.54, 1.807) is 31.2 Å². The molecule has 0 fully saturated rings. The average Bonchev–Trinajstić information content (AvgIpc) is 2.38. The number of halogens is 1. The monoisotopic (exact) mass is 262 g/mol. The molecule has 6 heteroatoms. The van der Waals surface area contributed by atoms with Crippen molar-refractivity contribution in [3.63, 3.8) is 0 Å². The van der Waals surface area contributed by atoms with Gasteiger partial charge in [0.25, 0.3) is 0 Å². The van der Waals surface area contributed by atoms with Crippen LogP contribution in [0.2, 0.25) is 0 Å². The highest BCUT2D eigenvalue weighted by Crippen LogP contribution is 2.35. The zero-order valence-electron chi connectivity index (χ0n) is 10.1. The number of nitrogens with zero attached hydrogens (tertiary/aromatic N) is 1. The quantitative estimate of drug-likeness (QED) is 0.681. The van der Waals surface area contributed by atoms with Crippen molar-refractivity contribution in [2.75, 3.05) is 0 Å². The van der Waals surface area contributed by atoms with Gasteiger partial charge in [-0.1, -0.05) is 18.2 Å². The van der Waals surface area contributed by atoms with Crippen molar-refractivity contribution in [3.05, 3.63) is 57.9 Å². The minimum absolute atomic E-state index is 0.0231. The maximum atomic E-state index is 13.7. The molecule has 0 aromatic heterocycles. The zero-order valence-corrected chi connectivity index (χ0v) is 10.1. The van der Waals surface area contributed by atoms with Crippen molar-refractivity contribution >= 4 is 5.69 Å². The second-order valence-corrected chi connectivity index (χ2v) is 4.00. The van der Waals surface area contributed by atoms with Crippen molar-refractivity contribution in [1.82, 2.24) is 0 Å². The lowest BCUT2D eigenvalue weighted by atomic mass is 10.0. The highest BCUT2D eigenvalue weighted by molar-refractivity contribution is 5.71. The summed E-state index contributed by atoms with van der Waals surface area (Å²) in [5.74, 6) is 4.56. The van der Waals surface area contributed by atoms with Gasteiger partial charge in [0.15, 0.2) is 0 Å². The molecule has 0 heterocycles. The van der Waals surface area contributed by atoms with Crippen LogP contribution >= 0.6 is 0 Å². The van der Waals surface area contributed by atoms with Gasteiger partial charge in [0.05, 0.1) is 4.92 Å². The molecule has 0 atom stereocenters. The largest absolute Gasteiger partial charge is 0.404 e. The van der Waals surface area contributed by atoms with E-state index in [1.165, 1.54) is 12.1 Å². The van der Waals surface area contributed by atoms with E-state index in [0.717, 1.165) is 0 Å². The molecule has 0 unspecified atom stereocenters. The Morgan fingerprint density at radius 3 is 2.58 bits per heavy atom. The van der Waals surface area contributed by atoms with Gasteiger partial charge in [-0.25, -0.2) is 4.39 Å². The van der Waals surface area contributed by atoms with Gasteiger partial charge in [-0.15, -0.1) is 0 Å². The van der Waals surface area contributed by atoms with Crippen LogP contribution in [0.25, 0.3) is 11.1 Å². The summed E-state index contributed by atoms with van der Waals surface area (Å²) < 4.78 is 13.7. The van der Waals surface area contributed by atoms with E-state index < -0.39 is 10.7 Å². The Hall–Kier alpha value is -2.47. The second-order valence-electron chi connectivity index (χ2n) is 4.00. The predicted octanol–water partition coefficient (Wildman–Crippen LogP) is 2.96. The maximum Gasteiger partial charge on any atom is 0.314 e. The first-order chi connectivity index (χ1) is 9.04. The average molecular weight is 262 g/mol. The van der Waals surface area contributed by atoms with E-state index in [0.29, 0.717) is 11.1 Å². The molecule has 0 saturated carbocycles. The van der Waals surface area contributed by atoms with Crippen molar-refractivity contribution < 1.29 is 14.2 Å². The third-order valence-corrected chi connectivity index (χ3v) is 2.75. The van der Waals surface area contributed by atoms with Crippen LogP contribution < -0.4 is 10.7 Å². The van der Waals surface area contributed by atoms with Crippen LogP contribution in [0.1, 0.15) is 5.56 Å². The molecule has 0 bridgehead atoms. The summed E-state index contributed by atoms with van der Waals surface area (Å²) in [7, 11) is 0. The van der Waals surface area contributed by atoms with Gasteiger partial charge in [0, 0.05) is 17.2 Å². The third-order valence-electron chi connectivity index (χ3n) is 2.75. The van der Waals surface area contributed by atoms with Crippen LogP contribution in [0.4, 0.5) is 10.1 Å². The Morgan fingerprint density at radius 2 is 2.00 bits per heavy atom. The number of hydrogen-bond acceptors (Lipinski definition) is 4. The van der Waals surface area contributed by atoms with Crippen LogP contribution in [0.15, 0.2) is 36.4 Å². The summed E-state index contributed by atoms with van der Waals surface area (Å²) in [6, 6.07) is 8.90. The van der Waals surface area contributed by atoms with Gasteiger partial charge in [0.1, 0.15) is 5.82 Å². The minimum atomic E-state index is -0.612. The number of nitrogens with two attached hydrogens (primary N) is 1. The third kappa shape index (κ3) is 2.38. The van der Waals surface area contributed by atoms with Gasteiger partial charge in [-0.3, -0.25) is 10.1 Å². The Bertz CT molecular complexity index is 644. The van der Waals surface area contributed by atoms with Crippen molar-refractivity contribution in [2.24, 2.45) is 5.90 Å². The molecule has 0 amide bonds. The number of rotatable bonds is 3. The maximum absolute atomic E-state index is 13.7. The number of nitro groups is 1. The molecular formula is C13H11FN2O3. The lowest BCUT2D eigenvalue weighted by Crippen LogP contribution is -2.06. The number of nitro benzene ring substituents is 1. The standard InChI is InChI=1S/C13H11FN2O3/c1-8-6-9(10-4-2-3-5-11(10)14)7-12(16(17)18)13(8)19-15/h2-7H,15H2,1H3. The van der Waals surface area contributed by atoms with Gasteiger partial charge in [0.2, 0.25) is 5.75 Å². The number of benzene rings is 2. The molecule has 98 valence electrons. The molecule has 2 N–H and O–H groups in total. The highest BCUT2D eigenvalue weighted by atomic mass is 19.1. The summed E-state index contributed by atoms with van der Waals surface area (Å²) >= 11 is 0. The molecule has 5 nitrogen and oxygen atoms in total. The normalized spacial score (nSPS) is 10.3. The molecule has 0 spiro atoms. The Kier molecular flexibility index (Phi) is 3.43. The second kappa shape index (κ2) is 5.03. The molecule has 19 heavy (non-hydrogen) atoms. The van der Waals surface area contributed by atoms with Crippen LogP contribution in [-0.4, -0.2) is 4.92 Å². The topological polar surface area (TPSA) is 78.4 Å².